The van der Waals surface area contributed by atoms with Crippen LogP contribution in [-0.4, -0.2) is 105 Å². The highest BCUT2D eigenvalue weighted by atomic mass is 32.2. The molecule has 4 aliphatic heterocycles. The van der Waals surface area contributed by atoms with Crippen LogP contribution in [0.25, 0.3) is 0 Å². The minimum absolute atomic E-state index is 0.0131. The van der Waals surface area contributed by atoms with Crippen molar-refractivity contribution in [2.75, 3.05) is 6.26 Å². The van der Waals surface area contributed by atoms with Crippen LogP contribution in [0.5, 0.6) is 23.5 Å². The molecular formula is C44H68N6O8S. The highest BCUT2D eigenvalue weighted by Crippen LogP contribution is 2.40. The summed E-state index contributed by atoms with van der Waals surface area (Å²) in [5.74, 6) is 3.83. The van der Waals surface area contributed by atoms with Crippen molar-refractivity contribution in [1.82, 2.24) is 29.6 Å². The third-order valence-electron chi connectivity index (χ3n) is 13.4. The van der Waals surface area contributed by atoms with Crippen molar-refractivity contribution in [3.63, 3.8) is 0 Å². The van der Waals surface area contributed by atoms with Gasteiger partial charge in [-0.05, 0) is 110 Å². The molecule has 0 aromatic carbocycles. The zero-order chi connectivity index (χ0) is 41.7. The summed E-state index contributed by atoms with van der Waals surface area (Å²) in [6, 6.07) is 7.79. The Morgan fingerprint density at radius 3 is 1.24 bits per heavy atom. The Hall–Kier alpha value is -3.46. The van der Waals surface area contributed by atoms with E-state index in [9.17, 15) is 13.2 Å². The molecule has 4 bridgehead atoms. The third kappa shape index (κ3) is 11.7. The van der Waals surface area contributed by atoms with Crippen molar-refractivity contribution >= 4 is 16.1 Å². The van der Waals surface area contributed by atoms with E-state index in [0.29, 0.717) is 36.4 Å². The van der Waals surface area contributed by atoms with E-state index in [0.717, 1.165) is 76.0 Å². The van der Waals surface area contributed by atoms with Crippen molar-refractivity contribution in [3.05, 3.63) is 24.3 Å². The molecule has 6 fully saturated rings. The fourth-order valence-electron chi connectivity index (χ4n) is 10.4. The normalized spacial score (nSPS) is 32.1. The number of rotatable bonds is 11. The number of ether oxygens (including phenoxy) is 5. The van der Waals surface area contributed by atoms with E-state index < -0.39 is 15.6 Å². The molecule has 0 N–H and O–H groups in total. The summed E-state index contributed by atoms with van der Waals surface area (Å²) in [7, 11) is -3.15. The molecular weight excluding hydrogens is 773 g/mol. The van der Waals surface area contributed by atoms with E-state index >= 15 is 0 Å². The highest BCUT2D eigenvalue weighted by Gasteiger charge is 2.47. The summed E-state index contributed by atoms with van der Waals surface area (Å²) in [5.41, 5.74) is -0.474. The van der Waals surface area contributed by atoms with Gasteiger partial charge in [-0.15, -0.1) is 20.4 Å². The predicted octanol–water partition coefficient (Wildman–Crippen LogP) is 8.29. The number of amides is 1. The van der Waals surface area contributed by atoms with Crippen LogP contribution in [0.3, 0.4) is 0 Å². The molecule has 2 aromatic heterocycles. The maximum atomic E-state index is 12.6. The van der Waals surface area contributed by atoms with Crippen LogP contribution in [0.1, 0.15) is 150 Å². The Labute approximate surface area is 351 Å². The van der Waals surface area contributed by atoms with Gasteiger partial charge in [-0.1, -0.05) is 26.7 Å². The van der Waals surface area contributed by atoms with Crippen molar-refractivity contribution < 1.29 is 36.9 Å². The first-order valence-electron chi connectivity index (χ1n) is 22.6. The number of nitrogens with zero attached hydrogens (tertiary/aromatic N) is 6. The van der Waals surface area contributed by atoms with E-state index in [1.807, 2.05) is 49.9 Å². The van der Waals surface area contributed by atoms with Crippen LogP contribution in [0.2, 0.25) is 0 Å². The lowest BCUT2D eigenvalue weighted by Gasteiger charge is -2.39. The van der Waals surface area contributed by atoms with Gasteiger partial charge in [-0.2, -0.15) is 4.31 Å². The first-order chi connectivity index (χ1) is 28.2. The van der Waals surface area contributed by atoms with Gasteiger partial charge in [0.25, 0.3) is 0 Å². The summed E-state index contributed by atoms with van der Waals surface area (Å²) in [6.45, 7) is 10.2. The second-order valence-corrected chi connectivity index (χ2v) is 20.8. The molecule has 2 aromatic rings. The quantitative estimate of drug-likeness (QED) is 0.214. The summed E-state index contributed by atoms with van der Waals surface area (Å²) in [5, 5.41) is 16.8. The van der Waals surface area contributed by atoms with Gasteiger partial charge in [0.15, 0.2) is 0 Å². The molecule has 328 valence electrons. The first-order valence-corrected chi connectivity index (χ1v) is 24.4. The predicted molar refractivity (Wildman–Crippen MR) is 223 cm³/mol. The molecule has 8 rings (SSSR count). The number of hydrogen-bond acceptors (Lipinski definition) is 12. The van der Waals surface area contributed by atoms with Crippen LogP contribution < -0.4 is 18.9 Å². The van der Waals surface area contributed by atoms with Crippen LogP contribution in [0.15, 0.2) is 24.3 Å². The molecule has 14 nitrogen and oxygen atoms in total. The van der Waals surface area contributed by atoms with Gasteiger partial charge in [-0.25, -0.2) is 13.2 Å². The number of aromatic nitrogens is 4. The SMILES string of the molecule is CCC1CCC(Oc2ccc(OC3C[C@H]4CC[C@@H](C3)N4C(=O)OC(C)(C)C)nn2)CC1.CCC1CCC(Oc2ccc(OC3C[C@H]4CC[C@@H](C3)N4S(C)(=O)=O)nn2)CC1. The Balaban J connectivity index is 0.000000180. The van der Waals surface area contributed by atoms with E-state index in [-0.39, 0.29) is 54.7 Å². The van der Waals surface area contributed by atoms with Crippen LogP contribution in [0.4, 0.5) is 4.79 Å². The monoisotopic (exact) mass is 840 g/mol. The molecule has 2 unspecified atom stereocenters. The van der Waals surface area contributed by atoms with Gasteiger partial charge in [0, 0.05) is 74.1 Å². The van der Waals surface area contributed by atoms with Gasteiger partial charge in [0.1, 0.15) is 30.0 Å². The van der Waals surface area contributed by atoms with Crippen molar-refractivity contribution in [3.8, 4) is 23.5 Å². The maximum Gasteiger partial charge on any atom is 0.410 e. The number of carbonyl (C=O) groups excluding carboxylic acids is 1. The van der Waals surface area contributed by atoms with Crippen molar-refractivity contribution in [1.29, 1.82) is 0 Å². The Morgan fingerprint density at radius 1 is 0.576 bits per heavy atom. The molecule has 2 saturated carbocycles. The minimum atomic E-state index is -3.15. The fraction of sp³-hybridized carbons (Fsp3) is 0.795. The molecule has 6 atom stereocenters. The average Bonchev–Trinajstić information content (AvgIpc) is 3.65. The van der Waals surface area contributed by atoms with Crippen LogP contribution in [0, 0.1) is 11.8 Å². The molecule has 4 saturated heterocycles. The molecule has 0 radical (unpaired) electrons. The molecule has 59 heavy (non-hydrogen) atoms. The van der Waals surface area contributed by atoms with E-state index in [4.69, 9.17) is 23.7 Å². The van der Waals surface area contributed by atoms with E-state index in [1.54, 1.807) is 4.31 Å². The fourth-order valence-corrected chi connectivity index (χ4v) is 11.9. The molecule has 6 aliphatic rings. The second kappa shape index (κ2) is 19.1. The standard InChI is InChI=1S/C24H37N3O4.C20H31N3O4S/c1-5-16-6-10-19(11-7-16)29-21-12-13-22(26-25-21)30-20-14-17-8-9-18(15-20)27(17)23(28)31-24(2,3)4;1-3-14-4-8-17(9-5-14)26-19-10-11-20(22-21-19)27-18-12-15-6-7-16(13-18)23(15)28(2,24)25/h12-13,16-20H,5-11,14-15H2,1-4H3;10-11,14-18H,3-9,12-13H2,1-2H3/t16?,17-,18+,19?,20?;14?,15-,16+,17?,18?. The van der Waals surface area contributed by atoms with Gasteiger partial charge in [-0.3, -0.25) is 0 Å². The smallest absolute Gasteiger partial charge is 0.410 e. The molecule has 15 heteroatoms. The van der Waals surface area contributed by atoms with Gasteiger partial charge >= 0.3 is 6.09 Å². The number of sulfonamides is 1. The molecule has 2 aliphatic carbocycles. The maximum absolute atomic E-state index is 12.6. The summed E-state index contributed by atoms with van der Waals surface area (Å²) < 4.78 is 55.5. The highest BCUT2D eigenvalue weighted by molar-refractivity contribution is 7.88. The summed E-state index contributed by atoms with van der Waals surface area (Å²) >= 11 is 0. The zero-order valence-corrected chi connectivity index (χ0v) is 37.0. The molecule has 0 spiro atoms. The Kier molecular flexibility index (Phi) is 14.1. The second-order valence-electron chi connectivity index (χ2n) is 18.9. The van der Waals surface area contributed by atoms with Crippen molar-refractivity contribution in [2.24, 2.45) is 11.8 Å². The van der Waals surface area contributed by atoms with Crippen LogP contribution in [-0.2, 0) is 14.8 Å². The lowest BCUT2D eigenvalue weighted by molar-refractivity contribution is -0.00779. The van der Waals surface area contributed by atoms with Crippen LogP contribution >= 0.6 is 0 Å². The number of fused-ring (bicyclic) bond motifs is 4. The lowest BCUT2D eigenvalue weighted by atomic mass is 9.86. The minimum Gasteiger partial charge on any atom is -0.473 e. The Morgan fingerprint density at radius 2 is 0.915 bits per heavy atom. The zero-order valence-electron chi connectivity index (χ0n) is 36.2. The van der Waals surface area contributed by atoms with Gasteiger partial charge in [0.2, 0.25) is 33.5 Å². The number of hydrogen-bond donors (Lipinski definition) is 0. The first kappa shape index (κ1) is 43.6. The van der Waals surface area contributed by atoms with Crippen molar-refractivity contribution in [2.45, 2.75) is 204 Å². The Bertz CT molecular complexity index is 1730. The average molecular weight is 841 g/mol. The lowest BCUT2D eigenvalue weighted by Crippen LogP contribution is -2.50. The molecule has 6 heterocycles. The molecule has 1 amide bonds. The largest absolute Gasteiger partial charge is 0.473 e. The van der Waals surface area contributed by atoms with Gasteiger partial charge in [0.05, 0.1) is 6.26 Å². The number of piperidine rings is 2. The van der Waals surface area contributed by atoms with E-state index in [1.165, 1.54) is 44.8 Å². The third-order valence-corrected chi connectivity index (χ3v) is 14.8. The number of carbonyl (C=O) groups is 1. The summed E-state index contributed by atoms with van der Waals surface area (Å²) in [6.07, 6.45) is 20.3. The van der Waals surface area contributed by atoms with Gasteiger partial charge < -0.3 is 28.6 Å². The van der Waals surface area contributed by atoms with E-state index in [2.05, 4.69) is 34.2 Å². The summed E-state index contributed by atoms with van der Waals surface area (Å²) in [4.78, 5) is 14.5. The topological polar surface area (TPSA) is 155 Å².